The second kappa shape index (κ2) is 8.36. The molecular weight excluding hydrogens is 360 g/mol. The van der Waals surface area contributed by atoms with Gasteiger partial charge in [-0.05, 0) is 30.7 Å². The number of halogens is 1. The Bertz CT molecular complexity index is 853. The Morgan fingerprint density at radius 3 is 2.52 bits per heavy atom. The minimum Gasteiger partial charge on any atom is -0.352 e. The Hall–Kier alpha value is -2.05. The maximum Gasteiger partial charge on any atom is 0.232 e. The Morgan fingerprint density at radius 1 is 1.16 bits per heavy atom. The molecule has 0 spiro atoms. The molecule has 2 aromatic carbocycles. The van der Waals surface area contributed by atoms with Crippen molar-refractivity contribution in [1.29, 1.82) is 0 Å². The van der Waals surface area contributed by atoms with Gasteiger partial charge in [-0.25, -0.2) is 8.42 Å². The summed E-state index contributed by atoms with van der Waals surface area (Å²) in [6, 6.07) is 14.4. The first-order chi connectivity index (χ1) is 11.8. The number of amides is 1. The molecule has 0 atom stereocenters. The highest BCUT2D eigenvalue weighted by Gasteiger charge is 2.18. The first-order valence-corrected chi connectivity index (χ1v) is 10.0. The van der Waals surface area contributed by atoms with Crippen LogP contribution in [0, 0.1) is 6.92 Å². The van der Waals surface area contributed by atoms with Gasteiger partial charge in [0.05, 0.1) is 11.9 Å². The Morgan fingerprint density at radius 2 is 1.88 bits per heavy atom. The summed E-state index contributed by atoms with van der Waals surface area (Å²) in [6.07, 6.45) is 1.17. The van der Waals surface area contributed by atoms with Gasteiger partial charge in [0.15, 0.2) is 0 Å². The highest BCUT2D eigenvalue weighted by Crippen LogP contribution is 2.22. The van der Waals surface area contributed by atoms with Crippen LogP contribution in [0.4, 0.5) is 5.69 Å². The van der Waals surface area contributed by atoms with Crippen molar-refractivity contribution in [1.82, 2.24) is 5.32 Å². The van der Waals surface area contributed by atoms with Crippen LogP contribution in [-0.2, 0) is 21.4 Å². The fourth-order valence-corrected chi connectivity index (χ4v) is 3.54. The molecule has 7 heteroatoms. The number of nitrogens with one attached hydrogen (secondary N) is 1. The normalized spacial score (nSPS) is 11.2. The van der Waals surface area contributed by atoms with E-state index in [1.165, 1.54) is 4.31 Å². The van der Waals surface area contributed by atoms with Crippen LogP contribution in [0.15, 0.2) is 48.5 Å². The second-order valence-electron chi connectivity index (χ2n) is 5.83. The number of carbonyl (C=O) groups excluding carboxylic acids is 1. The molecule has 25 heavy (non-hydrogen) atoms. The predicted octanol–water partition coefficient (Wildman–Crippen LogP) is 3.12. The number of aryl methyl sites for hydroxylation is 1. The number of carbonyl (C=O) groups is 1. The molecule has 2 rings (SSSR count). The maximum atomic E-state index is 12.1. The van der Waals surface area contributed by atoms with Crippen LogP contribution < -0.4 is 9.62 Å². The summed E-state index contributed by atoms with van der Waals surface area (Å²) in [4.78, 5) is 12.1. The van der Waals surface area contributed by atoms with Gasteiger partial charge in [0.2, 0.25) is 15.9 Å². The Labute approximate surface area is 153 Å². The lowest BCUT2D eigenvalue weighted by Gasteiger charge is -2.22. The molecule has 1 N–H and O–H groups in total. The van der Waals surface area contributed by atoms with E-state index in [1.807, 2.05) is 31.2 Å². The maximum absolute atomic E-state index is 12.1. The van der Waals surface area contributed by atoms with Crippen molar-refractivity contribution in [3.05, 3.63) is 64.7 Å². The van der Waals surface area contributed by atoms with Gasteiger partial charge in [0.25, 0.3) is 0 Å². The van der Waals surface area contributed by atoms with E-state index in [-0.39, 0.29) is 18.9 Å². The molecule has 0 saturated carbocycles. The Balaban J connectivity index is 1.97. The molecule has 1 amide bonds. The molecule has 0 unspecified atom stereocenters. The smallest absolute Gasteiger partial charge is 0.232 e. The van der Waals surface area contributed by atoms with Crippen LogP contribution in [0.5, 0.6) is 0 Å². The van der Waals surface area contributed by atoms with E-state index in [2.05, 4.69) is 5.32 Å². The number of hydrogen-bond donors (Lipinski definition) is 1. The largest absolute Gasteiger partial charge is 0.352 e. The third-order valence-electron chi connectivity index (χ3n) is 3.61. The van der Waals surface area contributed by atoms with Gasteiger partial charge in [0.1, 0.15) is 0 Å². The highest BCUT2D eigenvalue weighted by atomic mass is 35.5. The molecule has 0 bridgehead atoms. The van der Waals surface area contributed by atoms with Crippen LogP contribution in [0.2, 0.25) is 5.02 Å². The quantitative estimate of drug-likeness (QED) is 0.802. The molecular formula is C18H21ClN2O3S. The molecule has 5 nitrogen and oxygen atoms in total. The predicted molar refractivity (Wildman–Crippen MR) is 101 cm³/mol. The molecule has 0 radical (unpaired) electrons. The lowest BCUT2D eigenvalue weighted by Crippen LogP contribution is -2.34. The van der Waals surface area contributed by atoms with Crippen LogP contribution >= 0.6 is 11.6 Å². The third kappa shape index (κ3) is 6.07. The summed E-state index contributed by atoms with van der Waals surface area (Å²) in [5.41, 5.74) is 2.57. The minimum absolute atomic E-state index is 0.0544. The van der Waals surface area contributed by atoms with Crippen LogP contribution in [0.3, 0.4) is 0 Å². The van der Waals surface area contributed by atoms with E-state index < -0.39 is 10.0 Å². The van der Waals surface area contributed by atoms with Crippen molar-refractivity contribution in [2.24, 2.45) is 0 Å². The number of benzene rings is 2. The number of anilines is 1. The average Bonchev–Trinajstić information content (AvgIpc) is 2.52. The molecule has 0 aromatic heterocycles. The van der Waals surface area contributed by atoms with E-state index in [0.29, 0.717) is 17.3 Å². The summed E-state index contributed by atoms with van der Waals surface area (Å²) in [5.74, 6) is -0.211. The van der Waals surface area contributed by atoms with Crippen LogP contribution in [-0.4, -0.2) is 27.1 Å². The van der Waals surface area contributed by atoms with Crippen molar-refractivity contribution in [3.8, 4) is 0 Å². The lowest BCUT2D eigenvalue weighted by molar-refractivity contribution is -0.121. The van der Waals surface area contributed by atoms with E-state index in [0.717, 1.165) is 17.4 Å². The van der Waals surface area contributed by atoms with Gasteiger partial charge in [-0.15, -0.1) is 0 Å². The van der Waals surface area contributed by atoms with Gasteiger partial charge in [-0.1, -0.05) is 47.5 Å². The van der Waals surface area contributed by atoms with Crippen molar-refractivity contribution in [3.63, 3.8) is 0 Å². The Kier molecular flexibility index (Phi) is 6.45. The summed E-state index contributed by atoms with van der Waals surface area (Å²) in [7, 11) is -3.51. The monoisotopic (exact) mass is 380 g/mol. The van der Waals surface area contributed by atoms with E-state index in [1.54, 1.807) is 24.3 Å². The SMILES string of the molecule is Cc1cccc(CNC(=O)CCN(c2cccc(Cl)c2)S(C)(=O)=O)c1. The van der Waals surface area contributed by atoms with Crippen LogP contribution in [0.1, 0.15) is 17.5 Å². The summed E-state index contributed by atoms with van der Waals surface area (Å²) in [5, 5.41) is 3.25. The fourth-order valence-electron chi connectivity index (χ4n) is 2.43. The van der Waals surface area contributed by atoms with E-state index in [9.17, 15) is 13.2 Å². The molecule has 0 heterocycles. The van der Waals surface area contributed by atoms with Gasteiger partial charge >= 0.3 is 0 Å². The zero-order valence-electron chi connectivity index (χ0n) is 14.2. The van der Waals surface area contributed by atoms with Crippen molar-refractivity contribution in [2.75, 3.05) is 17.1 Å². The molecule has 0 fully saturated rings. The molecule has 0 aliphatic heterocycles. The standard InChI is InChI=1S/C18H21ClN2O3S/c1-14-5-3-6-15(11-14)13-20-18(22)9-10-21(25(2,23)24)17-8-4-7-16(19)12-17/h3-8,11-12H,9-10,13H2,1-2H3,(H,20,22). The molecule has 134 valence electrons. The van der Waals surface area contributed by atoms with Crippen molar-refractivity contribution in [2.45, 2.75) is 19.9 Å². The fraction of sp³-hybridized carbons (Fsp3) is 0.278. The number of hydrogen-bond acceptors (Lipinski definition) is 3. The molecule has 0 saturated heterocycles. The molecule has 2 aromatic rings. The first kappa shape index (κ1) is 19.3. The first-order valence-electron chi connectivity index (χ1n) is 7.81. The van der Waals surface area contributed by atoms with Gasteiger partial charge < -0.3 is 5.32 Å². The van der Waals surface area contributed by atoms with Gasteiger partial charge in [0, 0.05) is 24.5 Å². The van der Waals surface area contributed by atoms with Crippen LogP contribution in [0.25, 0.3) is 0 Å². The van der Waals surface area contributed by atoms with Gasteiger partial charge in [-0.3, -0.25) is 9.10 Å². The second-order valence-corrected chi connectivity index (χ2v) is 8.17. The van der Waals surface area contributed by atoms with E-state index in [4.69, 9.17) is 11.6 Å². The number of sulfonamides is 1. The molecule has 0 aliphatic carbocycles. The van der Waals surface area contributed by atoms with Gasteiger partial charge in [-0.2, -0.15) is 0 Å². The summed E-state index contributed by atoms with van der Waals surface area (Å²) < 4.78 is 25.2. The summed E-state index contributed by atoms with van der Waals surface area (Å²) in [6.45, 7) is 2.45. The van der Waals surface area contributed by atoms with Crippen molar-refractivity contribution >= 4 is 33.2 Å². The van der Waals surface area contributed by atoms with Crippen molar-refractivity contribution < 1.29 is 13.2 Å². The third-order valence-corrected chi connectivity index (χ3v) is 5.04. The summed E-state index contributed by atoms with van der Waals surface area (Å²) >= 11 is 5.93. The topological polar surface area (TPSA) is 66.5 Å². The zero-order valence-corrected chi connectivity index (χ0v) is 15.8. The minimum atomic E-state index is -3.51. The zero-order chi connectivity index (χ0) is 18.4. The number of rotatable bonds is 7. The average molecular weight is 381 g/mol. The number of nitrogens with zero attached hydrogens (tertiary/aromatic N) is 1. The highest BCUT2D eigenvalue weighted by molar-refractivity contribution is 7.92. The molecule has 0 aliphatic rings. The van der Waals surface area contributed by atoms with E-state index >= 15 is 0 Å². The lowest BCUT2D eigenvalue weighted by atomic mass is 10.1.